The SMILES string of the molecule is Cc1cc(N)nc(CCC[C@@H](CN)CCc2cc(C)cc(N)n2)c1. The summed E-state index contributed by atoms with van der Waals surface area (Å²) in [6.45, 7) is 4.79. The zero-order valence-corrected chi connectivity index (χ0v) is 14.8. The van der Waals surface area contributed by atoms with E-state index in [0.29, 0.717) is 24.1 Å². The molecule has 0 aliphatic rings. The number of nitrogen functional groups attached to an aromatic ring is 2. The molecule has 2 rings (SSSR count). The number of aromatic nitrogens is 2. The molecule has 0 spiro atoms. The Hall–Kier alpha value is -2.14. The predicted octanol–water partition coefficient (Wildman–Crippen LogP) is 2.79. The van der Waals surface area contributed by atoms with E-state index in [9.17, 15) is 0 Å². The number of hydrogen-bond acceptors (Lipinski definition) is 5. The highest BCUT2D eigenvalue weighted by Gasteiger charge is 2.09. The maximum Gasteiger partial charge on any atom is 0.123 e. The number of nitrogens with zero attached hydrogens (tertiary/aromatic N) is 2. The minimum absolute atomic E-state index is 0.496. The van der Waals surface area contributed by atoms with Gasteiger partial charge in [-0.1, -0.05) is 0 Å². The van der Waals surface area contributed by atoms with Crippen molar-refractivity contribution >= 4 is 11.6 Å². The van der Waals surface area contributed by atoms with Crippen molar-refractivity contribution in [1.82, 2.24) is 9.97 Å². The Morgan fingerprint density at radius 2 is 1.38 bits per heavy atom. The lowest BCUT2D eigenvalue weighted by atomic mass is 9.95. The molecule has 0 radical (unpaired) electrons. The fourth-order valence-corrected chi connectivity index (χ4v) is 3.10. The van der Waals surface area contributed by atoms with Gasteiger partial charge in [0.15, 0.2) is 0 Å². The van der Waals surface area contributed by atoms with Gasteiger partial charge in [-0.15, -0.1) is 0 Å². The number of nitrogens with two attached hydrogens (primary N) is 3. The van der Waals surface area contributed by atoms with Gasteiger partial charge in [-0.2, -0.15) is 0 Å². The molecule has 5 heteroatoms. The molecule has 6 N–H and O–H groups in total. The molecule has 2 heterocycles. The van der Waals surface area contributed by atoms with E-state index in [1.54, 1.807) is 0 Å². The largest absolute Gasteiger partial charge is 0.384 e. The van der Waals surface area contributed by atoms with Crippen LogP contribution in [0.5, 0.6) is 0 Å². The fraction of sp³-hybridized carbons (Fsp3) is 0.474. The van der Waals surface area contributed by atoms with E-state index in [2.05, 4.69) is 22.1 Å². The molecule has 0 aromatic carbocycles. The van der Waals surface area contributed by atoms with Crippen LogP contribution in [0.2, 0.25) is 0 Å². The summed E-state index contributed by atoms with van der Waals surface area (Å²) in [5, 5.41) is 0. The Morgan fingerprint density at radius 3 is 1.88 bits per heavy atom. The molecule has 24 heavy (non-hydrogen) atoms. The molecular weight excluding hydrogens is 298 g/mol. The molecule has 0 saturated heterocycles. The number of hydrogen-bond donors (Lipinski definition) is 3. The lowest BCUT2D eigenvalue weighted by Gasteiger charge is -2.14. The highest BCUT2D eigenvalue weighted by Crippen LogP contribution is 2.17. The summed E-state index contributed by atoms with van der Waals surface area (Å²) in [6.07, 6.45) is 5.06. The smallest absolute Gasteiger partial charge is 0.123 e. The Morgan fingerprint density at radius 1 is 0.833 bits per heavy atom. The molecule has 5 nitrogen and oxygen atoms in total. The first kappa shape index (κ1) is 18.2. The lowest BCUT2D eigenvalue weighted by Crippen LogP contribution is -2.16. The van der Waals surface area contributed by atoms with Crippen LogP contribution in [0.4, 0.5) is 11.6 Å². The summed E-state index contributed by atoms with van der Waals surface area (Å²) in [4.78, 5) is 8.79. The second-order valence-electron chi connectivity index (χ2n) is 6.65. The third-order valence-electron chi connectivity index (χ3n) is 4.27. The Kier molecular flexibility index (Phi) is 6.55. The van der Waals surface area contributed by atoms with Crippen molar-refractivity contribution < 1.29 is 0 Å². The highest BCUT2D eigenvalue weighted by molar-refractivity contribution is 5.34. The van der Waals surface area contributed by atoms with E-state index < -0.39 is 0 Å². The van der Waals surface area contributed by atoms with E-state index in [-0.39, 0.29) is 0 Å². The zero-order valence-electron chi connectivity index (χ0n) is 14.8. The Bertz CT molecular complexity index is 628. The van der Waals surface area contributed by atoms with Crippen molar-refractivity contribution in [2.45, 2.75) is 46.0 Å². The number of aryl methyl sites for hydroxylation is 4. The van der Waals surface area contributed by atoms with Crippen molar-refractivity contribution in [2.75, 3.05) is 18.0 Å². The van der Waals surface area contributed by atoms with Crippen molar-refractivity contribution in [3.8, 4) is 0 Å². The number of anilines is 2. The first-order valence-corrected chi connectivity index (χ1v) is 8.62. The van der Waals surface area contributed by atoms with Gasteiger partial charge in [-0.25, -0.2) is 9.97 Å². The molecule has 1 atom stereocenters. The van der Waals surface area contributed by atoms with Gasteiger partial charge in [0.1, 0.15) is 11.6 Å². The molecule has 0 bridgehead atoms. The molecule has 0 fully saturated rings. The standard InChI is InChI=1S/C19H29N5/c1-13-8-16(23-18(21)10-13)5-3-4-15(12-20)6-7-17-9-14(2)11-19(22)24-17/h8-11,15H,3-7,12,20H2,1-2H3,(H2,21,23)(H2,22,24)/t15-/m1/s1. The van der Waals surface area contributed by atoms with Gasteiger partial charge in [0.05, 0.1) is 0 Å². The van der Waals surface area contributed by atoms with Crippen molar-refractivity contribution in [3.05, 3.63) is 46.8 Å². The maximum atomic E-state index is 5.94. The highest BCUT2D eigenvalue weighted by atomic mass is 14.8. The zero-order chi connectivity index (χ0) is 17.5. The van der Waals surface area contributed by atoms with Gasteiger partial charge in [0.2, 0.25) is 0 Å². The van der Waals surface area contributed by atoms with Crippen LogP contribution in [-0.2, 0) is 12.8 Å². The second kappa shape index (κ2) is 8.64. The van der Waals surface area contributed by atoms with Gasteiger partial charge in [-0.05, 0) is 93.8 Å². The van der Waals surface area contributed by atoms with E-state index >= 15 is 0 Å². The normalized spacial score (nSPS) is 12.3. The van der Waals surface area contributed by atoms with Crippen LogP contribution in [-0.4, -0.2) is 16.5 Å². The lowest BCUT2D eigenvalue weighted by molar-refractivity contribution is 0.443. The van der Waals surface area contributed by atoms with Crippen LogP contribution in [0.25, 0.3) is 0 Å². The molecule has 0 amide bonds. The molecule has 0 aliphatic carbocycles. The number of pyridine rings is 2. The molecule has 130 valence electrons. The van der Waals surface area contributed by atoms with E-state index in [1.807, 2.05) is 26.0 Å². The van der Waals surface area contributed by atoms with Crippen LogP contribution < -0.4 is 17.2 Å². The van der Waals surface area contributed by atoms with Gasteiger partial charge in [0, 0.05) is 11.4 Å². The van der Waals surface area contributed by atoms with Gasteiger partial charge < -0.3 is 17.2 Å². The van der Waals surface area contributed by atoms with Crippen LogP contribution >= 0.6 is 0 Å². The molecule has 0 aliphatic heterocycles. The summed E-state index contributed by atoms with van der Waals surface area (Å²) in [5.74, 6) is 1.69. The third-order valence-corrected chi connectivity index (χ3v) is 4.27. The second-order valence-corrected chi connectivity index (χ2v) is 6.65. The van der Waals surface area contributed by atoms with Crippen LogP contribution in [0.1, 0.15) is 41.8 Å². The minimum atomic E-state index is 0.496. The van der Waals surface area contributed by atoms with Crippen molar-refractivity contribution in [3.63, 3.8) is 0 Å². The summed E-state index contributed by atoms with van der Waals surface area (Å²) < 4.78 is 0. The summed E-state index contributed by atoms with van der Waals surface area (Å²) in [7, 11) is 0. The Balaban J connectivity index is 1.81. The fourth-order valence-electron chi connectivity index (χ4n) is 3.10. The molecule has 2 aromatic rings. The van der Waals surface area contributed by atoms with Crippen LogP contribution in [0, 0.1) is 19.8 Å². The number of rotatable bonds is 8. The first-order valence-electron chi connectivity index (χ1n) is 8.62. The maximum absolute atomic E-state index is 5.94. The third kappa shape index (κ3) is 5.81. The molecule has 0 saturated carbocycles. The average molecular weight is 327 g/mol. The first-order chi connectivity index (χ1) is 11.5. The molecule has 2 aromatic heterocycles. The van der Waals surface area contributed by atoms with Crippen LogP contribution in [0.3, 0.4) is 0 Å². The van der Waals surface area contributed by atoms with Gasteiger partial charge >= 0.3 is 0 Å². The molecular formula is C19H29N5. The summed E-state index contributed by atoms with van der Waals surface area (Å²) >= 11 is 0. The van der Waals surface area contributed by atoms with Crippen molar-refractivity contribution in [2.24, 2.45) is 11.7 Å². The predicted molar refractivity (Wildman–Crippen MR) is 101 cm³/mol. The van der Waals surface area contributed by atoms with E-state index in [0.717, 1.165) is 54.6 Å². The van der Waals surface area contributed by atoms with Crippen molar-refractivity contribution in [1.29, 1.82) is 0 Å². The molecule has 0 unspecified atom stereocenters. The van der Waals surface area contributed by atoms with Gasteiger partial charge in [0.25, 0.3) is 0 Å². The average Bonchev–Trinajstić information content (AvgIpc) is 2.48. The summed E-state index contributed by atoms with van der Waals surface area (Å²) in [6, 6.07) is 7.99. The quantitative estimate of drug-likeness (QED) is 0.691. The van der Waals surface area contributed by atoms with E-state index in [4.69, 9.17) is 17.2 Å². The Labute approximate surface area is 144 Å². The topological polar surface area (TPSA) is 104 Å². The minimum Gasteiger partial charge on any atom is -0.384 e. The monoisotopic (exact) mass is 327 g/mol. The van der Waals surface area contributed by atoms with E-state index in [1.165, 1.54) is 0 Å². The summed E-state index contributed by atoms with van der Waals surface area (Å²) in [5.41, 5.74) is 22.0. The van der Waals surface area contributed by atoms with Crippen LogP contribution in [0.15, 0.2) is 24.3 Å². The van der Waals surface area contributed by atoms with Gasteiger partial charge in [-0.3, -0.25) is 0 Å².